The molecule has 16 heavy (non-hydrogen) atoms. The van der Waals surface area contributed by atoms with Crippen molar-refractivity contribution in [1.29, 1.82) is 0 Å². The SMILES string of the molecule is CSC(=S)Oc1c(Cl)cc2c(c1Br)CCC2. The zero-order valence-electron chi connectivity index (χ0n) is 8.68. The van der Waals surface area contributed by atoms with Crippen molar-refractivity contribution in [2.45, 2.75) is 19.3 Å². The molecule has 0 saturated heterocycles. The van der Waals surface area contributed by atoms with Gasteiger partial charge in [0.25, 0.3) is 0 Å². The third-order valence-electron chi connectivity index (χ3n) is 2.59. The molecule has 0 fully saturated rings. The highest BCUT2D eigenvalue weighted by molar-refractivity contribution is 9.10. The number of hydrogen-bond acceptors (Lipinski definition) is 3. The van der Waals surface area contributed by atoms with E-state index in [1.54, 1.807) is 0 Å². The van der Waals surface area contributed by atoms with Gasteiger partial charge >= 0.3 is 0 Å². The van der Waals surface area contributed by atoms with E-state index in [0.29, 0.717) is 15.2 Å². The first-order chi connectivity index (χ1) is 7.63. The summed E-state index contributed by atoms with van der Waals surface area (Å²) in [6.45, 7) is 0. The van der Waals surface area contributed by atoms with Crippen LogP contribution in [-0.4, -0.2) is 10.6 Å². The molecule has 2 rings (SSSR count). The van der Waals surface area contributed by atoms with E-state index in [1.807, 2.05) is 12.3 Å². The minimum atomic E-state index is 0.487. The lowest BCUT2D eigenvalue weighted by Crippen LogP contribution is -2.02. The van der Waals surface area contributed by atoms with Crippen LogP contribution in [0.1, 0.15) is 17.5 Å². The van der Waals surface area contributed by atoms with Crippen molar-refractivity contribution < 1.29 is 4.74 Å². The summed E-state index contributed by atoms with van der Waals surface area (Å²) in [7, 11) is 0. The molecule has 0 heterocycles. The second-order valence-corrected chi connectivity index (χ2v) is 6.16. The lowest BCUT2D eigenvalue weighted by molar-refractivity contribution is 0.574. The number of fused-ring (bicyclic) bond motifs is 1. The van der Waals surface area contributed by atoms with Crippen molar-refractivity contribution in [3.05, 3.63) is 26.7 Å². The Bertz CT molecular complexity index is 448. The van der Waals surface area contributed by atoms with Crippen LogP contribution >= 0.6 is 51.5 Å². The van der Waals surface area contributed by atoms with Gasteiger partial charge in [-0.3, -0.25) is 0 Å². The van der Waals surface area contributed by atoms with Crippen LogP contribution < -0.4 is 4.74 Å². The minimum absolute atomic E-state index is 0.487. The standard InChI is InChI=1S/C11H10BrClOS2/c1-16-11(15)14-10-8(13)5-6-3-2-4-7(6)9(10)12/h5H,2-4H2,1H3. The van der Waals surface area contributed by atoms with E-state index in [9.17, 15) is 0 Å². The van der Waals surface area contributed by atoms with Crippen molar-refractivity contribution in [3.63, 3.8) is 0 Å². The van der Waals surface area contributed by atoms with Gasteiger partial charge < -0.3 is 4.74 Å². The van der Waals surface area contributed by atoms with Crippen LogP contribution in [0.15, 0.2) is 10.5 Å². The number of thiocarbonyl (C=S) groups is 1. The second kappa shape index (κ2) is 5.25. The molecular weight excluding hydrogens is 328 g/mol. The summed E-state index contributed by atoms with van der Waals surface area (Å²) in [5.41, 5.74) is 2.63. The Morgan fingerprint density at radius 1 is 1.56 bits per heavy atom. The monoisotopic (exact) mass is 336 g/mol. The van der Waals surface area contributed by atoms with Crippen LogP contribution in [0.5, 0.6) is 5.75 Å². The Kier molecular flexibility index (Phi) is 4.16. The maximum Gasteiger partial charge on any atom is 0.225 e. The topological polar surface area (TPSA) is 9.23 Å². The number of thioether (sulfide) groups is 1. The van der Waals surface area contributed by atoms with Gasteiger partial charge in [0.15, 0.2) is 5.75 Å². The highest BCUT2D eigenvalue weighted by Gasteiger charge is 2.21. The molecule has 1 aromatic carbocycles. The van der Waals surface area contributed by atoms with Crippen molar-refractivity contribution in [2.75, 3.05) is 6.26 Å². The first kappa shape index (κ1) is 12.7. The molecule has 1 nitrogen and oxygen atoms in total. The fourth-order valence-corrected chi connectivity index (χ4v) is 3.23. The average Bonchev–Trinajstić information content (AvgIpc) is 2.71. The Balaban J connectivity index is 2.42. The molecule has 0 aliphatic heterocycles. The Hall–Kier alpha value is 0.230. The largest absolute Gasteiger partial charge is 0.437 e. The Morgan fingerprint density at radius 2 is 2.31 bits per heavy atom. The normalized spacial score (nSPS) is 13.7. The summed E-state index contributed by atoms with van der Waals surface area (Å²) >= 11 is 16.2. The molecule has 0 radical (unpaired) electrons. The predicted octanol–water partition coefficient (Wildman–Crippen LogP) is 4.62. The van der Waals surface area contributed by atoms with Crippen LogP contribution in [-0.2, 0) is 12.8 Å². The molecule has 0 atom stereocenters. The van der Waals surface area contributed by atoms with Crippen LogP contribution in [0.3, 0.4) is 0 Å². The molecule has 86 valence electrons. The lowest BCUT2D eigenvalue weighted by atomic mass is 10.1. The zero-order valence-corrected chi connectivity index (χ0v) is 12.7. The predicted molar refractivity (Wildman–Crippen MR) is 77.9 cm³/mol. The van der Waals surface area contributed by atoms with Gasteiger partial charge in [-0.15, -0.1) is 0 Å². The van der Waals surface area contributed by atoms with E-state index in [1.165, 1.54) is 29.3 Å². The number of halogens is 2. The molecule has 1 aliphatic carbocycles. The summed E-state index contributed by atoms with van der Waals surface area (Å²) in [6, 6.07) is 1.99. The number of hydrogen-bond donors (Lipinski definition) is 0. The summed E-state index contributed by atoms with van der Waals surface area (Å²) in [5, 5.41) is 0.629. The quantitative estimate of drug-likeness (QED) is 0.692. The van der Waals surface area contributed by atoms with E-state index in [0.717, 1.165) is 17.3 Å². The Labute approximate surface area is 118 Å². The summed E-state index contributed by atoms with van der Waals surface area (Å²) in [6.07, 6.45) is 5.24. The third-order valence-corrected chi connectivity index (χ3v) is 4.71. The molecule has 5 heteroatoms. The molecule has 0 amide bonds. The van der Waals surface area contributed by atoms with E-state index < -0.39 is 0 Å². The van der Waals surface area contributed by atoms with Crippen molar-refractivity contribution >= 4 is 55.9 Å². The smallest absolute Gasteiger partial charge is 0.225 e. The Morgan fingerprint density at radius 3 is 3.00 bits per heavy atom. The molecule has 0 unspecified atom stereocenters. The summed E-state index contributed by atoms with van der Waals surface area (Å²) < 4.78 is 7.01. The number of aryl methyl sites for hydroxylation is 1. The molecule has 0 bridgehead atoms. The highest BCUT2D eigenvalue weighted by Crippen LogP contribution is 2.41. The van der Waals surface area contributed by atoms with Gasteiger partial charge in [-0.2, -0.15) is 0 Å². The number of benzene rings is 1. The molecule has 0 aromatic heterocycles. The van der Waals surface area contributed by atoms with E-state index >= 15 is 0 Å². The molecular formula is C11H10BrClOS2. The third kappa shape index (κ3) is 2.40. The zero-order chi connectivity index (χ0) is 11.7. The van der Waals surface area contributed by atoms with Gasteiger partial charge in [-0.25, -0.2) is 0 Å². The molecule has 1 aliphatic rings. The van der Waals surface area contributed by atoms with Crippen LogP contribution in [0.25, 0.3) is 0 Å². The fourth-order valence-electron chi connectivity index (χ4n) is 1.86. The van der Waals surface area contributed by atoms with E-state index in [2.05, 4.69) is 15.9 Å². The van der Waals surface area contributed by atoms with Gasteiger partial charge in [0.1, 0.15) is 0 Å². The van der Waals surface area contributed by atoms with Crippen molar-refractivity contribution in [1.82, 2.24) is 0 Å². The summed E-state index contributed by atoms with van der Waals surface area (Å²) in [4.78, 5) is 0. The maximum atomic E-state index is 6.19. The van der Waals surface area contributed by atoms with Crippen LogP contribution in [0, 0.1) is 0 Å². The summed E-state index contributed by atoms with van der Waals surface area (Å²) in [5.74, 6) is 0.654. The van der Waals surface area contributed by atoms with E-state index in [4.69, 9.17) is 28.6 Å². The van der Waals surface area contributed by atoms with Crippen molar-refractivity contribution in [2.24, 2.45) is 0 Å². The van der Waals surface area contributed by atoms with Gasteiger partial charge in [-0.05, 0) is 70.9 Å². The molecule has 0 N–H and O–H groups in total. The minimum Gasteiger partial charge on any atom is -0.437 e. The van der Waals surface area contributed by atoms with Gasteiger partial charge in [0, 0.05) is 0 Å². The fraction of sp³-hybridized carbons (Fsp3) is 0.364. The van der Waals surface area contributed by atoms with E-state index in [-0.39, 0.29) is 0 Å². The van der Waals surface area contributed by atoms with Crippen LogP contribution in [0.4, 0.5) is 0 Å². The second-order valence-electron chi connectivity index (χ2n) is 3.55. The van der Waals surface area contributed by atoms with Gasteiger partial charge in [0.05, 0.1) is 9.50 Å². The highest BCUT2D eigenvalue weighted by atomic mass is 79.9. The number of ether oxygens (including phenoxy) is 1. The van der Waals surface area contributed by atoms with Crippen LogP contribution in [0.2, 0.25) is 5.02 Å². The lowest BCUT2D eigenvalue weighted by Gasteiger charge is -2.12. The van der Waals surface area contributed by atoms with Gasteiger partial charge in [0.2, 0.25) is 4.38 Å². The van der Waals surface area contributed by atoms with Crippen molar-refractivity contribution in [3.8, 4) is 5.75 Å². The first-order valence-electron chi connectivity index (χ1n) is 4.89. The molecule has 1 aromatic rings. The maximum absolute atomic E-state index is 6.19. The molecule has 0 spiro atoms. The van der Waals surface area contributed by atoms with Gasteiger partial charge in [-0.1, -0.05) is 23.4 Å². The molecule has 0 saturated carbocycles. The average molecular weight is 338 g/mol. The first-order valence-corrected chi connectivity index (χ1v) is 7.69. The number of rotatable bonds is 1.